The van der Waals surface area contributed by atoms with Crippen LogP contribution < -0.4 is 10.5 Å². The van der Waals surface area contributed by atoms with E-state index < -0.39 is 17.2 Å². The van der Waals surface area contributed by atoms with E-state index in [1.807, 2.05) is 42.5 Å². The third-order valence-electron chi connectivity index (χ3n) is 6.59. The van der Waals surface area contributed by atoms with Gasteiger partial charge in [-0.1, -0.05) is 50.2 Å². The number of hydrogen-bond acceptors (Lipinski definition) is 5. The van der Waals surface area contributed by atoms with Gasteiger partial charge in [-0.15, -0.1) is 0 Å². The number of aromatic nitrogens is 3. The fourth-order valence-electron chi connectivity index (χ4n) is 4.89. The topological polar surface area (TPSA) is 105 Å². The summed E-state index contributed by atoms with van der Waals surface area (Å²) in [5, 5.41) is 14.2. The van der Waals surface area contributed by atoms with Gasteiger partial charge in [0.2, 0.25) is 5.91 Å². The first-order valence-electron chi connectivity index (χ1n) is 11.1. The lowest BCUT2D eigenvalue weighted by Gasteiger charge is -2.44. The predicted molar refractivity (Wildman–Crippen MR) is 123 cm³/mol. The molecule has 1 aromatic heterocycles. The Kier molecular flexibility index (Phi) is 4.88. The minimum atomic E-state index is -1.02. The second kappa shape index (κ2) is 7.65. The first kappa shape index (κ1) is 21.1. The van der Waals surface area contributed by atoms with Crippen LogP contribution in [0.1, 0.15) is 51.0 Å². The molecular weight excluding hydrogens is 420 g/mol. The molecule has 3 aromatic rings. The molecule has 0 radical (unpaired) electrons. The number of anilines is 1. The van der Waals surface area contributed by atoms with Crippen molar-refractivity contribution in [2.75, 3.05) is 4.90 Å². The number of carbonyl (C=O) groups is 2. The van der Waals surface area contributed by atoms with E-state index in [0.29, 0.717) is 35.0 Å². The van der Waals surface area contributed by atoms with Crippen molar-refractivity contribution in [3.8, 4) is 22.6 Å². The average molecular weight is 444 g/mol. The highest BCUT2D eigenvalue weighted by atomic mass is 16.4. The minimum absolute atomic E-state index is 0.0955. The van der Waals surface area contributed by atoms with Crippen molar-refractivity contribution in [2.45, 2.75) is 51.1 Å². The molecule has 0 bridgehead atoms. The van der Waals surface area contributed by atoms with Crippen LogP contribution in [0, 0.1) is 0 Å². The molecule has 8 nitrogen and oxygen atoms in total. The number of hydrogen-bond donors (Lipinski definition) is 1. The molecule has 2 aliphatic rings. The molecule has 2 aliphatic heterocycles. The molecule has 33 heavy (non-hydrogen) atoms. The Morgan fingerprint density at radius 2 is 1.85 bits per heavy atom. The zero-order chi connectivity index (χ0) is 23.3. The zero-order valence-corrected chi connectivity index (χ0v) is 18.5. The normalized spacial score (nSPS) is 18.8. The van der Waals surface area contributed by atoms with Crippen LogP contribution in [0.15, 0.2) is 53.3 Å². The van der Waals surface area contributed by atoms with Gasteiger partial charge in [-0.25, -0.2) is 4.68 Å². The summed E-state index contributed by atoms with van der Waals surface area (Å²) in [4.78, 5) is 43.7. The van der Waals surface area contributed by atoms with E-state index >= 15 is 0 Å². The number of carbonyl (C=O) groups excluding carboxylic acids is 1. The van der Waals surface area contributed by atoms with Gasteiger partial charge in [0.05, 0.1) is 5.69 Å². The van der Waals surface area contributed by atoms with E-state index in [9.17, 15) is 19.5 Å². The summed E-state index contributed by atoms with van der Waals surface area (Å²) < 4.78 is 1.62. The van der Waals surface area contributed by atoms with Crippen LogP contribution in [0.5, 0.6) is 0 Å². The third kappa shape index (κ3) is 3.25. The second-order valence-corrected chi connectivity index (χ2v) is 8.90. The lowest BCUT2D eigenvalue weighted by molar-refractivity contribution is -0.137. The molecule has 1 amide bonds. The summed E-state index contributed by atoms with van der Waals surface area (Å²) in [5.74, 6) is -0.345. The van der Waals surface area contributed by atoms with Crippen LogP contribution >= 0.6 is 0 Å². The standard InChI is InChI=1S/C25H24N4O4/c1-15(2)16-7-9-17(10-8-16)22-24(33)26-23-18-5-3-4-6-19(18)28-20(30)11-13-25(28,29(23)27-22)14-12-21(31)32/h3-10,15H,11-14H2,1-2H3,(H,31,32). The Balaban J connectivity index is 1.75. The van der Waals surface area contributed by atoms with E-state index in [-0.39, 0.29) is 30.9 Å². The summed E-state index contributed by atoms with van der Waals surface area (Å²) in [6.45, 7) is 4.19. The Bertz CT molecular complexity index is 1330. The van der Waals surface area contributed by atoms with Crippen molar-refractivity contribution in [3.05, 3.63) is 64.4 Å². The number of aliphatic carboxylic acids is 1. The number of fused-ring (bicyclic) bond motifs is 6. The van der Waals surface area contributed by atoms with Gasteiger partial charge >= 0.3 is 5.97 Å². The highest BCUT2D eigenvalue weighted by molar-refractivity contribution is 6.01. The number of benzene rings is 2. The van der Waals surface area contributed by atoms with Crippen molar-refractivity contribution in [3.63, 3.8) is 0 Å². The maximum absolute atomic E-state index is 13.1. The van der Waals surface area contributed by atoms with E-state index in [1.54, 1.807) is 15.6 Å². The van der Waals surface area contributed by atoms with Crippen LogP contribution in [0.25, 0.3) is 22.6 Å². The summed E-state index contributed by atoms with van der Waals surface area (Å²) in [6, 6.07) is 14.9. The van der Waals surface area contributed by atoms with Gasteiger partial charge in [0.1, 0.15) is 5.66 Å². The van der Waals surface area contributed by atoms with Crippen molar-refractivity contribution < 1.29 is 14.7 Å². The van der Waals surface area contributed by atoms with E-state index in [4.69, 9.17) is 5.10 Å². The van der Waals surface area contributed by atoms with Crippen LogP contribution in [0.2, 0.25) is 0 Å². The maximum Gasteiger partial charge on any atom is 0.303 e. The molecular formula is C25H24N4O4. The van der Waals surface area contributed by atoms with Gasteiger partial charge in [-0.05, 0) is 23.6 Å². The smallest absolute Gasteiger partial charge is 0.303 e. The van der Waals surface area contributed by atoms with Gasteiger partial charge < -0.3 is 5.11 Å². The molecule has 3 heterocycles. The van der Waals surface area contributed by atoms with Crippen molar-refractivity contribution in [2.24, 2.45) is 0 Å². The van der Waals surface area contributed by atoms with Crippen LogP contribution in [0.4, 0.5) is 5.69 Å². The van der Waals surface area contributed by atoms with Gasteiger partial charge in [0.25, 0.3) is 5.56 Å². The first-order valence-corrected chi connectivity index (χ1v) is 11.1. The molecule has 0 spiro atoms. The Morgan fingerprint density at radius 1 is 1.12 bits per heavy atom. The predicted octanol–water partition coefficient (Wildman–Crippen LogP) is 3.75. The number of carboxylic acids is 1. The molecule has 1 fully saturated rings. The zero-order valence-electron chi connectivity index (χ0n) is 18.5. The molecule has 2 aromatic carbocycles. The molecule has 1 unspecified atom stereocenters. The number of carboxylic acid groups (broad SMARTS) is 1. The molecule has 168 valence electrons. The lowest BCUT2D eigenvalue weighted by atomic mass is 9.95. The fraction of sp³-hybridized carbons (Fsp3) is 0.320. The molecule has 1 N–H and O–H groups in total. The van der Waals surface area contributed by atoms with Gasteiger partial charge in [0.15, 0.2) is 11.5 Å². The van der Waals surface area contributed by atoms with Crippen molar-refractivity contribution in [1.29, 1.82) is 0 Å². The summed E-state index contributed by atoms with van der Waals surface area (Å²) in [5.41, 5.74) is 1.74. The van der Waals surface area contributed by atoms with E-state index in [2.05, 4.69) is 18.8 Å². The molecule has 5 rings (SSSR count). The van der Waals surface area contributed by atoms with Crippen LogP contribution in [-0.2, 0) is 15.3 Å². The summed E-state index contributed by atoms with van der Waals surface area (Å²) in [7, 11) is 0. The van der Waals surface area contributed by atoms with E-state index in [1.165, 1.54) is 0 Å². The van der Waals surface area contributed by atoms with E-state index in [0.717, 1.165) is 5.56 Å². The van der Waals surface area contributed by atoms with Gasteiger partial charge in [0, 0.05) is 36.8 Å². The second-order valence-electron chi connectivity index (χ2n) is 8.90. The number of rotatable bonds is 5. The van der Waals surface area contributed by atoms with Crippen LogP contribution in [-0.4, -0.2) is 31.7 Å². The first-order chi connectivity index (χ1) is 15.8. The largest absolute Gasteiger partial charge is 0.481 e. The number of para-hydroxylation sites is 1. The number of nitrogens with zero attached hydrogens (tertiary/aromatic N) is 4. The molecule has 0 aliphatic carbocycles. The summed E-state index contributed by atoms with van der Waals surface area (Å²) in [6.07, 6.45) is 0.680. The van der Waals surface area contributed by atoms with Crippen molar-refractivity contribution >= 4 is 17.6 Å². The fourth-order valence-corrected chi connectivity index (χ4v) is 4.89. The monoisotopic (exact) mass is 444 g/mol. The lowest BCUT2D eigenvalue weighted by Crippen LogP contribution is -2.53. The molecule has 1 atom stereocenters. The van der Waals surface area contributed by atoms with Gasteiger partial charge in [-0.2, -0.15) is 10.1 Å². The van der Waals surface area contributed by atoms with Crippen molar-refractivity contribution in [1.82, 2.24) is 14.8 Å². The Hall–Kier alpha value is -3.81. The molecule has 1 saturated heterocycles. The summed E-state index contributed by atoms with van der Waals surface area (Å²) >= 11 is 0. The highest BCUT2D eigenvalue weighted by Gasteiger charge is 2.53. The average Bonchev–Trinajstić information content (AvgIpc) is 3.15. The third-order valence-corrected chi connectivity index (χ3v) is 6.59. The maximum atomic E-state index is 13.1. The Labute approximate surface area is 190 Å². The quantitative estimate of drug-likeness (QED) is 0.642. The molecule has 8 heteroatoms. The SMILES string of the molecule is CC(C)c1ccc(-c2nn3c(nc2=O)-c2ccccc2N2C(=O)CCC23CCC(=O)O)cc1. The van der Waals surface area contributed by atoms with Crippen LogP contribution in [0.3, 0.4) is 0 Å². The van der Waals surface area contributed by atoms with Gasteiger partial charge in [-0.3, -0.25) is 19.3 Å². The Morgan fingerprint density at radius 3 is 2.55 bits per heavy atom. The minimum Gasteiger partial charge on any atom is -0.481 e. The number of amides is 1. The highest BCUT2D eigenvalue weighted by Crippen LogP contribution is 2.49. The molecule has 0 saturated carbocycles.